The van der Waals surface area contributed by atoms with Crippen molar-refractivity contribution in [3.05, 3.63) is 4.85 Å². The lowest BCUT2D eigenvalue weighted by Gasteiger charge is -2.33. The highest BCUT2D eigenvalue weighted by molar-refractivity contribution is 5.19. The fourth-order valence-corrected chi connectivity index (χ4v) is 2.85. The van der Waals surface area contributed by atoms with Gasteiger partial charge in [0.15, 0.2) is 0 Å². The van der Waals surface area contributed by atoms with Crippen LogP contribution in [0.3, 0.4) is 0 Å². The Kier molecular flexibility index (Phi) is 1.17. The molecule has 0 saturated heterocycles. The topological polar surface area (TPSA) is 4.36 Å². The van der Waals surface area contributed by atoms with Gasteiger partial charge >= 0.3 is 0 Å². The Morgan fingerprint density at radius 1 is 1.27 bits per heavy atom. The van der Waals surface area contributed by atoms with Gasteiger partial charge in [0.05, 0.1) is 0 Å². The molecule has 0 N–H and O–H groups in total. The molecule has 1 aliphatic heterocycles. The van der Waals surface area contributed by atoms with Gasteiger partial charge in [-0.3, -0.25) is 0 Å². The highest BCUT2D eigenvalue weighted by Gasteiger charge is 2.51. The third kappa shape index (κ3) is 1.15. The second-order valence-corrected chi connectivity index (χ2v) is 5.20. The standard InChI is InChI=1S/C10H16N/c1-9(2)4-8-5-10(3,6-9)7-11-8/h8H,4-6H2,1-3H3/q+1. The van der Waals surface area contributed by atoms with Crippen LogP contribution in [0.15, 0.2) is 0 Å². The fourth-order valence-electron chi connectivity index (χ4n) is 2.85. The molecule has 2 aliphatic rings. The largest absolute Gasteiger partial charge is 0.280 e. The number of hydrogen-bond acceptors (Lipinski definition) is 0. The molecule has 0 spiro atoms. The van der Waals surface area contributed by atoms with Gasteiger partial charge in [0.2, 0.25) is 0 Å². The molecule has 1 saturated carbocycles. The molecular weight excluding hydrogens is 134 g/mol. The molecule has 2 rings (SSSR count). The Morgan fingerprint density at radius 3 is 2.64 bits per heavy atom. The molecule has 11 heavy (non-hydrogen) atoms. The van der Waals surface area contributed by atoms with E-state index in [1.165, 1.54) is 19.3 Å². The monoisotopic (exact) mass is 150 g/mol. The maximum Gasteiger partial charge on any atom is 0.280 e. The molecule has 0 aromatic carbocycles. The maximum absolute atomic E-state index is 4.42. The van der Waals surface area contributed by atoms with Crippen molar-refractivity contribution in [3.63, 3.8) is 0 Å². The molecule has 1 heteroatoms. The summed E-state index contributed by atoms with van der Waals surface area (Å²) in [5, 5.41) is 0. The lowest BCUT2D eigenvalue weighted by Crippen LogP contribution is -2.32. The summed E-state index contributed by atoms with van der Waals surface area (Å²) in [6, 6.07) is 3.86. The van der Waals surface area contributed by atoms with Gasteiger partial charge in [-0.05, 0) is 18.8 Å². The quantitative estimate of drug-likeness (QED) is 0.500. The Bertz CT molecular complexity index is 243. The first kappa shape index (κ1) is 7.16. The molecule has 2 atom stereocenters. The summed E-state index contributed by atoms with van der Waals surface area (Å²) >= 11 is 0. The molecule has 60 valence electrons. The molecule has 0 radical (unpaired) electrons. The van der Waals surface area contributed by atoms with Crippen molar-refractivity contribution in [1.82, 2.24) is 0 Å². The minimum atomic E-state index is 0.312. The summed E-state index contributed by atoms with van der Waals surface area (Å²) in [6.07, 6.45) is 3.77. The molecule has 2 bridgehead atoms. The molecule has 1 aliphatic carbocycles. The van der Waals surface area contributed by atoms with Crippen molar-refractivity contribution in [2.24, 2.45) is 10.8 Å². The number of hydrogen-bond donors (Lipinski definition) is 0. The van der Waals surface area contributed by atoms with Crippen LogP contribution in [-0.2, 0) is 0 Å². The molecule has 0 amide bonds. The molecular formula is C10H16N+. The number of fused-ring (bicyclic) bond motifs is 2. The maximum atomic E-state index is 4.42. The summed E-state index contributed by atoms with van der Waals surface area (Å²) in [5.74, 6) is 0. The first-order valence-electron chi connectivity index (χ1n) is 4.46. The normalized spacial score (nSPS) is 44.8. The smallest absolute Gasteiger partial charge is 0.0797 e. The predicted molar refractivity (Wildman–Crippen MR) is 46.8 cm³/mol. The summed E-state index contributed by atoms with van der Waals surface area (Å²) in [7, 11) is 0. The van der Waals surface area contributed by atoms with Crippen LogP contribution >= 0.6 is 0 Å². The SMILES string of the molecule is CC1(C)CC2CC(C)(C#[N+]2)C1. The predicted octanol–water partition coefficient (Wildman–Crippen LogP) is 2.92. The molecule has 2 unspecified atom stereocenters. The zero-order valence-electron chi connectivity index (χ0n) is 7.65. The van der Waals surface area contributed by atoms with Gasteiger partial charge in [-0.1, -0.05) is 18.7 Å². The van der Waals surface area contributed by atoms with E-state index in [4.69, 9.17) is 0 Å². The van der Waals surface area contributed by atoms with E-state index >= 15 is 0 Å². The average Bonchev–Trinajstić information content (AvgIpc) is 2.03. The third-order valence-electron chi connectivity index (χ3n) is 2.86. The lowest BCUT2D eigenvalue weighted by atomic mass is 9.65. The fraction of sp³-hybridized carbons (Fsp3) is 0.900. The van der Waals surface area contributed by atoms with Crippen molar-refractivity contribution in [1.29, 1.82) is 0 Å². The van der Waals surface area contributed by atoms with Crippen LogP contribution in [-0.4, -0.2) is 6.04 Å². The van der Waals surface area contributed by atoms with Gasteiger partial charge in [0.1, 0.15) is 5.41 Å². The third-order valence-corrected chi connectivity index (χ3v) is 2.86. The van der Waals surface area contributed by atoms with E-state index in [-0.39, 0.29) is 0 Å². The van der Waals surface area contributed by atoms with Crippen LogP contribution in [0.25, 0.3) is 4.85 Å². The summed E-state index contributed by atoms with van der Waals surface area (Å²) < 4.78 is 0. The Labute approximate surface area is 68.6 Å². The van der Waals surface area contributed by atoms with Gasteiger partial charge < -0.3 is 0 Å². The molecule has 1 nitrogen and oxygen atoms in total. The Morgan fingerprint density at radius 2 is 2.00 bits per heavy atom. The van der Waals surface area contributed by atoms with Crippen molar-refractivity contribution in [2.45, 2.75) is 46.1 Å². The lowest BCUT2D eigenvalue weighted by molar-refractivity contribution is 0.151. The van der Waals surface area contributed by atoms with Crippen LogP contribution in [0, 0.1) is 16.9 Å². The van der Waals surface area contributed by atoms with Crippen LogP contribution in [0.2, 0.25) is 0 Å². The van der Waals surface area contributed by atoms with Crippen molar-refractivity contribution < 1.29 is 0 Å². The van der Waals surface area contributed by atoms with E-state index in [0.29, 0.717) is 16.9 Å². The zero-order valence-corrected chi connectivity index (χ0v) is 7.65. The summed E-state index contributed by atoms with van der Waals surface area (Å²) in [4.78, 5) is 4.42. The molecule has 0 aromatic rings. The Balaban J connectivity index is 2.26. The van der Waals surface area contributed by atoms with E-state index < -0.39 is 0 Å². The van der Waals surface area contributed by atoms with Crippen LogP contribution < -0.4 is 0 Å². The van der Waals surface area contributed by atoms with Crippen molar-refractivity contribution in [3.8, 4) is 6.07 Å². The van der Waals surface area contributed by atoms with Gasteiger partial charge in [-0.2, -0.15) is 0 Å². The van der Waals surface area contributed by atoms with E-state index in [2.05, 4.69) is 31.7 Å². The average molecular weight is 150 g/mol. The highest BCUT2D eigenvalue weighted by atomic mass is 14.8. The Hall–Kier alpha value is -0.510. The minimum Gasteiger partial charge on any atom is -0.0797 e. The van der Waals surface area contributed by atoms with E-state index in [0.717, 1.165) is 0 Å². The molecule has 0 aromatic heterocycles. The van der Waals surface area contributed by atoms with E-state index in [1.807, 2.05) is 0 Å². The second kappa shape index (κ2) is 1.80. The van der Waals surface area contributed by atoms with E-state index in [9.17, 15) is 0 Å². The van der Waals surface area contributed by atoms with Gasteiger partial charge in [0, 0.05) is 12.8 Å². The van der Waals surface area contributed by atoms with Gasteiger partial charge in [0.25, 0.3) is 12.1 Å². The minimum absolute atomic E-state index is 0.312. The summed E-state index contributed by atoms with van der Waals surface area (Å²) in [5.41, 5.74) is 0.803. The highest BCUT2D eigenvalue weighted by Crippen LogP contribution is 2.49. The zero-order chi connectivity index (χ0) is 8.11. The summed E-state index contributed by atoms with van der Waals surface area (Å²) in [6.45, 7) is 6.98. The van der Waals surface area contributed by atoms with Crippen LogP contribution in [0.5, 0.6) is 0 Å². The number of nitrogens with zero attached hydrogens (tertiary/aromatic N) is 1. The van der Waals surface area contributed by atoms with Crippen LogP contribution in [0.1, 0.15) is 40.0 Å². The van der Waals surface area contributed by atoms with Crippen LogP contribution in [0.4, 0.5) is 0 Å². The van der Waals surface area contributed by atoms with Crippen molar-refractivity contribution >= 4 is 0 Å². The van der Waals surface area contributed by atoms with E-state index in [1.54, 1.807) is 0 Å². The molecule has 1 heterocycles. The first-order valence-corrected chi connectivity index (χ1v) is 4.46. The first-order chi connectivity index (χ1) is 4.99. The second-order valence-electron chi connectivity index (χ2n) is 5.20. The molecule has 1 fully saturated rings. The van der Waals surface area contributed by atoms with Gasteiger partial charge in [-0.25, -0.2) is 0 Å². The van der Waals surface area contributed by atoms with Gasteiger partial charge in [-0.15, -0.1) is 0 Å². The number of rotatable bonds is 0. The van der Waals surface area contributed by atoms with Crippen molar-refractivity contribution in [2.75, 3.05) is 0 Å².